The van der Waals surface area contributed by atoms with E-state index in [1.54, 1.807) is 35.6 Å². The van der Waals surface area contributed by atoms with E-state index in [0.29, 0.717) is 30.4 Å². The van der Waals surface area contributed by atoms with Gasteiger partial charge in [-0.1, -0.05) is 28.1 Å². The van der Waals surface area contributed by atoms with Crippen LogP contribution in [0.15, 0.2) is 71.6 Å². The van der Waals surface area contributed by atoms with Crippen LogP contribution in [0, 0.1) is 0 Å². The highest BCUT2D eigenvalue weighted by Gasteiger charge is 2.23. The Balaban J connectivity index is 1.40. The summed E-state index contributed by atoms with van der Waals surface area (Å²) in [7, 11) is 0. The summed E-state index contributed by atoms with van der Waals surface area (Å²) < 4.78 is 12.4. The van der Waals surface area contributed by atoms with Crippen molar-refractivity contribution in [3.05, 3.63) is 77.2 Å². The van der Waals surface area contributed by atoms with Crippen LogP contribution < -0.4 is 10.1 Å². The number of urea groups is 1. The number of ether oxygens (including phenoxy) is 2. The Morgan fingerprint density at radius 2 is 2.16 bits per heavy atom. The third-order valence-electron chi connectivity index (χ3n) is 4.84. The van der Waals surface area contributed by atoms with Crippen LogP contribution in [0.3, 0.4) is 0 Å². The molecule has 7 nitrogen and oxygen atoms in total. The SMILES string of the molecule is O=C(Nc1ccc(Oc2cccc(Br)c2)nc1)N(Cc1cccnc1)CC1CCCO1. The lowest BCUT2D eigenvalue weighted by molar-refractivity contribution is 0.0819. The molecule has 0 radical (unpaired) electrons. The van der Waals surface area contributed by atoms with Crippen LogP contribution in [0.2, 0.25) is 0 Å². The molecule has 31 heavy (non-hydrogen) atoms. The van der Waals surface area contributed by atoms with Crippen molar-refractivity contribution >= 4 is 27.6 Å². The van der Waals surface area contributed by atoms with Gasteiger partial charge in [-0.25, -0.2) is 9.78 Å². The topological polar surface area (TPSA) is 76.6 Å². The first-order valence-electron chi connectivity index (χ1n) is 10.1. The second-order valence-corrected chi connectivity index (χ2v) is 8.17. The second-order valence-electron chi connectivity index (χ2n) is 7.25. The molecule has 4 rings (SSSR count). The molecular weight excluding hydrogens is 460 g/mol. The molecule has 1 aliphatic heterocycles. The van der Waals surface area contributed by atoms with Gasteiger partial charge in [0, 0.05) is 42.6 Å². The highest BCUT2D eigenvalue weighted by Crippen LogP contribution is 2.24. The summed E-state index contributed by atoms with van der Waals surface area (Å²) in [5.74, 6) is 1.13. The molecule has 2 aromatic heterocycles. The predicted molar refractivity (Wildman–Crippen MR) is 121 cm³/mol. The lowest BCUT2D eigenvalue weighted by atomic mass is 10.2. The Morgan fingerprint density at radius 1 is 1.23 bits per heavy atom. The predicted octanol–water partition coefficient (Wildman–Crippen LogP) is 5.24. The van der Waals surface area contributed by atoms with E-state index >= 15 is 0 Å². The van der Waals surface area contributed by atoms with Crippen molar-refractivity contribution < 1.29 is 14.3 Å². The van der Waals surface area contributed by atoms with E-state index in [2.05, 4.69) is 31.2 Å². The smallest absolute Gasteiger partial charge is 0.322 e. The van der Waals surface area contributed by atoms with Crippen molar-refractivity contribution in [2.24, 2.45) is 0 Å². The highest BCUT2D eigenvalue weighted by atomic mass is 79.9. The van der Waals surface area contributed by atoms with Gasteiger partial charge < -0.3 is 19.7 Å². The number of anilines is 1. The summed E-state index contributed by atoms with van der Waals surface area (Å²) in [6.07, 6.45) is 7.11. The molecule has 1 N–H and O–H groups in total. The first kappa shape index (κ1) is 21.3. The number of carbonyl (C=O) groups is 1. The third-order valence-corrected chi connectivity index (χ3v) is 5.33. The van der Waals surface area contributed by atoms with Crippen LogP contribution >= 0.6 is 15.9 Å². The molecule has 3 heterocycles. The first-order chi connectivity index (χ1) is 15.2. The Bertz CT molecular complexity index is 995. The number of hydrogen-bond acceptors (Lipinski definition) is 5. The maximum absolute atomic E-state index is 13.0. The van der Waals surface area contributed by atoms with Crippen LogP contribution in [0.4, 0.5) is 10.5 Å². The maximum Gasteiger partial charge on any atom is 0.322 e. The van der Waals surface area contributed by atoms with Crippen LogP contribution in [0.25, 0.3) is 0 Å². The molecule has 0 spiro atoms. The number of hydrogen-bond donors (Lipinski definition) is 1. The monoisotopic (exact) mass is 482 g/mol. The van der Waals surface area contributed by atoms with Gasteiger partial charge in [0.2, 0.25) is 5.88 Å². The van der Waals surface area contributed by atoms with E-state index in [-0.39, 0.29) is 12.1 Å². The molecule has 0 bridgehead atoms. The Labute approximate surface area is 189 Å². The lowest BCUT2D eigenvalue weighted by Crippen LogP contribution is -2.39. The van der Waals surface area contributed by atoms with Gasteiger partial charge in [0.05, 0.1) is 18.0 Å². The summed E-state index contributed by atoms with van der Waals surface area (Å²) >= 11 is 3.42. The fraction of sp³-hybridized carbons (Fsp3) is 0.261. The molecule has 1 aliphatic rings. The van der Waals surface area contributed by atoms with Crippen molar-refractivity contribution in [1.82, 2.24) is 14.9 Å². The average molecular weight is 483 g/mol. The van der Waals surface area contributed by atoms with E-state index in [0.717, 1.165) is 29.5 Å². The highest BCUT2D eigenvalue weighted by molar-refractivity contribution is 9.10. The average Bonchev–Trinajstić information content (AvgIpc) is 3.29. The molecule has 160 valence electrons. The largest absolute Gasteiger partial charge is 0.439 e. The number of amides is 2. The fourth-order valence-corrected chi connectivity index (χ4v) is 3.71. The molecule has 1 aromatic carbocycles. The number of pyridine rings is 2. The quantitative estimate of drug-likeness (QED) is 0.497. The molecular formula is C23H23BrN4O3. The Kier molecular flexibility index (Phi) is 7.11. The van der Waals surface area contributed by atoms with Crippen molar-refractivity contribution in [3.63, 3.8) is 0 Å². The number of carbonyl (C=O) groups excluding carboxylic acids is 1. The van der Waals surface area contributed by atoms with Gasteiger partial charge >= 0.3 is 6.03 Å². The minimum atomic E-state index is -0.207. The van der Waals surface area contributed by atoms with E-state index < -0.39 is 0 Å². The van der Waals surface area contributed by atoms with E-state index in [9.17, 15) is 4.79 Å². The molecule has 8 heteroatoms. The number of benzene rings is 1. The Hall–Kier alpha value is -2.97. The molecule has 0 aliphatic carbocycles. The standard InChI is InChI=1S/C23H23BrN4O3/c24-18-5-1-6-20(12-18)31-22-9-8-19(14-26-22)27-23(29)28(16-21-7-3-11-30-21)15-17-4-2-10-25-13-17/h1-2,4-6,8-10,12-14,21H,3,7,11,15-16H2,(H,27,29). The summed E-state index contributed by atoms with van der Waals surface area (Å²) in [5.41, 5.74) is 1.56. The molecule has 1 unspecified atom stereocenters. The number of aromatic nitrogens is 2. The summed E-state index contributed by atoms with van der Waals surface area (Å²) in [6.45, 7) is 1.73. The van der Waals surface area contributed by atoms with Gasteiger partial charge in [-0.05, 0) is 48.7 Å². The zero-order valence-corrected chi connectivity index (χ0v) is 18.5. The van der Waals surface area contributed by atoms with E-state index in [1.807, 2.05) is 36.4 Å². The summed E-state index contributed by atoms with van der Waals surface area (Å²) in [4.78, 5) is 23.2. The molecule has 0 saturated carbocycles. The normalized spacial score (nSPS) is 15.5. The fourth-order valence-electron chi connectivity index (χ4n) is 3.33. The molecule has 2 amide bonds. The minimum absolute atomic E-state index is 0.0570. The van der Waals surface area contributed by atoms with Crippen LogP contribution in [0.1, 0.15) is 18.4 Å². The van der Waals surface area contributed by atoms with Gasteiger partial charge in [0.25, 0.3) is 0 Å². The van der Waals surface area contributed by atoms with Crippen molar-refractivity contribution in [3.8, 4) is 11.6 Å². The van der Waals surface area contributed by atoms with Crippen molar-refractivity contribution in [2.45, 2.75) is 25.5 Å². The van der Waals surface area contributed by atoms with Gasteiger partial charge in [-0.2, -0.15) is 0 Å². The van der Waals surface area contributed by atoms with Gasteiger partial charge in [-0.3, -0.25) is 4.98 Å². The molecule has 3 aromatic rings. The van der Waals surface area contributed by atoms with E-state index in [1.165, 1.54) is 0 Å². The minimum Gasteiger partial charge on any atom is -0.439 e. The van der Waals surface area contributed by atoms with Gasteiger partial charge in [0.1, 0.15) is 5.75 Å². The summed E-state index contributed by atoms with van der Waals surface area (Å²) in [6, 6.07) is 14.6. The van der Waals surface area contributed by atoms with Crippen molar-refractivity contribution in [1.29, 1.82) is 0 Å². The van der Waals surface area contributed by atoms with Gasteiger partial charge in [0.15, 0.2) is 0 Å². The maximum atomic E-state index is 13.0. The molecule has 1 saturated heterocycles. The van der Waals surface area contributed by atoms with Crippen molar-refractivity contribution in [2.75, 3.05) is 18.5 Å². The second kappa shape index (κ2) is 10.4. The zero-order chi connectivity index (χ0) is 21.5. The van der Waals surface area contributed by atoms with Gasteiger partial charge in [-0.15, -0.1) is 0 Å². The third kappa shape index (κ3) is 6.26. The molecule has 1 atom stereocenters. The first-order valence-corrected chi connectivity index (χ1v) is 10.9. The van der Waals surface area contributed by atoms with E-state index in [4.69, 9.17) is 9.47 Å². The Morgan fingerprint density at radius 3 is 2.87 bits per heavy atom. The lowest BCUT2D eigenvalue weighted by Gasteiger charge is -2.25. The molecule has 1 fully saturated rings. The number of halogens is 1. The summed E-state index contributed by atoms with van der Waals surface area (Å²) in [5, 5.41) is 2.92. The van der Waals surface area contributed by atoms with Crippen LogP contribution in [0.5, 0.6) is 11.6 Å². The number of nitrogens with one attached hydrogen (secondary N) is 1. The number of rotatable bonds is 7. The zero-order valence-electron chi connectivity index (χ0n) is 16.9. The van der Waals surface area contributed by atoms with Crippen LogP contribution in [-0.2, 0) is 11.3 Å². The number of nitrogens with zero attached hydrogens (tertiary/aromatic N) is 3. The van der Waals surface area contributed by atoms with Crippen LogP contribution in [-0.4, -0.2) is 40.2 Å².